The molecule has 1 aromatic heterocycles. The molecule has 0 bridgehead atoms. The van der Waals surface area contributed by atoms with Crippen LogP contribution in [0.3, 0.4) is 0 Å². The lowest BCUT2D eigenvalue weighted by molar-refractivity contribution is -0.144. The molecule has 1 saturated carbocycles. The standard InChI is InChI=1S/C16H22N4O2/c21-15-10-22-16(11-20(15)14-7-17-12-18-8-14)3-5-19(6-4-16)9-13-1-2-13/h7-8,12-13H,1-6,9-11H2. The number of ether oxygens (including phenoxy) is 1. The van der Waals surface area contributed by atoms with Crippen LogP contribution in [-0.2, 0) is 9.53 Å². The van der Waals surface area contributed by atoms with Gasteiger partial charge in [0.1, 0.15) is 12.9 Å². The molecule has 1 aliphatic carbocycles. The maximum absolute atomic E-state index is 12.2. The van der Waals surface area contributed by atoms with Crippen LogP contribution in [0, 0.1) is 5.92 Å². The summed E-state index contributed by atoms with van der Waals surface area (Å²) in [5.74, 6) is 0.932. The van der Waals surface area contributed by atoms with Crippen LogP contribution < -0.4 is 4.90 Å². The molecule has 0 radical (unpaired) electrons. The van der Waals surface area contributed by atoms with E-state index in [9.17, 15) is 4.79 Å². The molecule has 0 atom stereocenters. The van der Waals surface area contributed by atoms with E-state index < -0.39 is 0 Å². The second-order valence-corrected chi connectivity index (χ2v) is 6.79. The van der Waals surface area contributed by atoms with Gasteiger partial charge in [-0.3, -0.25) is 4.79 Å². The Bertz CT molecular complexity index is 538. The quantitative estimate of drug-likeness (QED) is 0.836. The third-order valence-electron chi connectivity index (χ3n) is 5.09. The molecule has 1 aromatic rings. The number of anilines is 1. The maximum atomic E-state index is 12.2. The highest BCUT2D eigenvalue weighted by Crippen LogP contribution is 2.35. The van der Waals surface area contributed by atoms with Gasteiger partial charge in [-0.2, -0.15) is 0 Å². The lowest BCUT2D eigenvalue weighted by atomic mass is 9.89. The highest BCUT2D eigenvalue weighted by atomic mass is 16.5. The number of rotatable bonds is 3. The fourth-order valence-corrected chi connectivity index (χ4v) is 3.49. The largest absolute Gasteiger partial charge is 0.363 e. The number of hydrogen-bond donors (Lipinski definition) is 0. The number of carbonyl (C=O) groups excluding carboxylic acids is 1. The number of amides is 1. The van der Waals surface area contributed by atoms with Crippen molar-refractivity contribution in [2.45, 2.75) is 31.3 Å². The zero-order chi connectivity index (χ0) is 15.0. The predicted octanol–water partition coefficient (Wildman–Crippen LogP) is 1.08. The molecule has 1 amide bonds. The summed E-state index contributed by atoms with van der Waals surface area (Å²) in [6.07, 6.45) is 9.68. The van der Waals surface area contributed by atoms with E-state index in [0.717, 1.165) is 37.5 Å². The molecule has 6 nitrogen and oxygen atoms in total. The second-order valence-electron chi connectivity index (χ2n) is 6.79. The van der Waals surface area contributed by atoms with Crippen LogP contribution in [0.5, 0.6) is 0 Å². The molecule has 4 rings (SSSR count). The average Bonchev–Trinajstić information content (AvgIpc) is 3.37. The smallest absolute Gasteiger partial charge is 0.253 e. The van der Waals surface area contributed by atoms with Crippen molar-refractivity contribution in [2.75, 3.05) is 37.7 Å². The van der Waals surface area contributed by atoms with Crippen molar-refractivity contribution in [1.29, 1.82) is 0 Å². The van der Waals surface area contributed by atoms with E-state index in [1.807, 2.05) is 0 Å². The molecule has 0 N–H and O–H groups in total. The van der Waals surface area contributed by atoms with Crippen molar-refractivity contribution in [3.63, 3.8) is 0 Å². The minimum atomic E-state index is -0.191. The van der Waals surface area contributed by atoms with Crippen LogP contribution in [0.15, 0.2) is 18.7 Å². The first-order valence-corrected chi connectivity index (χ1v) is 8.16. The average molecular weight is 302 g/mol. The van der Waals surface area contributed by atoms with Crippen LogP contribution in [0.1, 0.15) is 25.7 Å². The lowest BCUT2D eigenvalue weighted by Crippen LogP contribution is -2.59. The van der Waals surface area contributed by atoms with Crippen molar-refractivity contribution >= 4 is 11.6 Å². The summed E-state index contributed by atoms with van der Waals surface area (Å²) in [4.78, 5) is 24.6. The van der Waals surface area contributed by atoms with Gasteiger partial charge in [0.2, 0.25) is 0 Å². The molecule has 6 heteroatoms. The second kappa shape index (κ2) is 5.59. The van der Waals surface area contributed by atoms with E-state index in [1.165, 1.54) is 25.7 Å². The Hall–Kier alpha value is -1.53. The summed E-state index contributed by atoms with van der Waals surface area (Å²) < 4.78 is 5.98. The normalized spacial score (nSPS) is 25.6. The van der Waals surface area contributed by atoms with Crippen LogP contribution in [0.25, 0.3) is 0 Å². The number of carbonyl (C=O) groups is 1. The van der Waals surface area contributed by atoms with E-state index in [1.54, 1.807) is 17.3 Å². The lowest BCUT2D eigenvalue weighted by Gasteiger charge is -2.46. The van der Waals surface area contributed by atoms with E-state index in [0.29, 0.717) is 6.54 Å². The Morgan fingerprint density at radius 1 is 1.23 bits per heavy atom. The molecule has 3 heterocycles. The van der Waals surface area contributed by atoms with Gasteiger partial charge in [0, 0.05) is 19.6 Å². The predicted molar refractivity (Wildman–Crippen MR) is 81.5 cm³/mol. The van der Waals surface area contributed by atoms with E-state index in [2.05, 4.69) is 14.9 Å². The van der Waals surface area contributed by atoms with E-state index >= 15 is 0 Å². The van der Waals surface area contributed by atoms with Gasteiger partial charge in [-0.25, -0.2) is 9.97 Å². The summed E-state index contributed by atoms with van der Waals surface area (Å²) in [6, 6.07) is 0. The van der Waals surface area contributed by atoms with Gasteiger partial charge in [0.25, 0.3) is 5.91 Å². The number of likely N-dealkylation sites (tertiary alicyclic amines) is 1. The third-order valence-corrected chi connectivity index (χ3v) is 5.09. The van der Waals surface area contributed by atoms with Gasteiger partial charge in [0.05, 0.1) is 30.2 Å². The molecule has 3 fully saturated rings. The molecule has 0 aromatic carbocycles. The molecular weight excluding hydrogens is 280 g/mol. The fourth-order valence-electron chi connectivity index (χ4n) is 3.49. The van der Waals surface area contributed by atoms with Crippen molar-refractivity contribution < 1.29 is 9.53 Å². The van der Waals surface area contributed by atoms with Crippen LogP contribution in [0.4, 0.5) is 5.69 Å². The Balaban J connectivity index is 1.43. The van der Waals surface area contributed by atoms with Crippen molar-refractivity contribution in [3.8, 4) is 0 Å². The number of hydrogen-bond acceptors (Lipinski definition) is 5. The number of morpholine rings is 1. The molecule has 118 valence electrons. The molecule has 2 aliphatic heterocycles. The topological polar surface area (TPSA) is 58.6 Å². The number of nitrogens with zero attached hydrogens (tertiary/aromatic N) is 4. The van der Waals surface area contributed by atoms with Gasteiger partial charge in [-0.15, -0.1) is 0 Å². The minimum absolute atomic E-state index is 0.000773. The minimum Gasteiger partial charge on any atom is -0.363 e. The first-order chi connectivity index (χ1) is 10.7. The van der Waals surface area contributed by atoms with Gasteiger partial charge < -0.3 is 14.5 Å². The third kappa shape index (κ3) is 2.85. The zero-order valence-corrected chi connectivity index (χ0v) is 12.8. The summed E-state index contributed by atoms with van der Waals surface area (Å²) in [7, 11) is 0. The van der Waals surface area contributed by atoms with Gasteiger partial charge >= 0.3 is 0 Å². The molecule has 3 aliphatic rings. The Morgan fingerprint density at radius 3 is 2.64 bits per heavy atom. The molecular formula is C16H22N4O2. The first kappa shape index (κ1) is 14.1. The van der Waals surface area contributed by atoms with Crippen LogP contribution in [-0.4, -0.2) is 59.2 Å². The highest BCUT2D eigenvalue weighted by Gasteiger charge is 2.43. The van der Waals surface area contributed by atoms with Crippen molar-refractivity contribution in [3.05, 3.63) is 18.7 Å². The maximum Gasteiger partial charge on any atom is 0.253 e. The van der Waals surface area contributed by atoms with E-state index in [4.69, 9.17) is 4.74 Å². The monoisotopic (exact) mass is 302 g/mol. The molecule has 1 spiro atoms. The summed E-state index contributed by atoms with van der Waals surface area (Å²) in [5, 5.41) is 0. The fraction of sp³-hybridized carbons (Fsp3) is 0.688. The van der Waals surface area contributed by atoms with Crippen LogP contribution in [0.2, 0.25) is 0 Å². The van der Waals surface area contributed by atoms with Crippen molar-refractivity contribution in [2.24, 2.45) is 5.92 Å². The van der Waals surface area contributed by atoms with Crippen LogP contribution >= 0.6 is 0 Å². The van der Waals surface area contributed by atoms with E-state index in [-0.39, 0.29) is 18.1 Å². The SMILES string of the molecule is O=C1COC2(CCN(CC3CC3)CC2)CN1c1cncnc1. The highest BCUT2D eigenvalue weighted by molar-refractivity contribution is 5.94. The van der Waals surface area contributed by atoms with Gasteiger partial charge in [-0.1, -0.05) is 0 Å². The Morgan fingerprint density at radius 2 is 1.95 bits per heavy atom. The molecule has 22 heavy (non-hydrogen) atoms. The van der Waals surface area contributed by atoms with Gasteiger partial charge in [0.15, 0.2) is 0 Å². The molecule has 0 unspecified atom stereocenters. The summed E-state index contributed by atoms with van der Waals surface area (Å²) >= 11 is 0. The molecule has 2 saturated heterocycles. The summed E-state index contributed by atoms with van der Waals surface area (Å²) in [6.45, 7) is 4.17. The van der Waals surface area contributed by atoms with Gasteiger partial charge in [-0.05, 0) is 31.6 Å². The Kier molecular flexibility index (Phi) is 3.58. The van der Waals surface area contributed by atoms with Crippen molar-refractivity contribution in [1.82, 2.24) is 14.9 Å². The summed E-state index contributed by atoms with van der Waals surface area (Å²) in [5.41, 5.74) is 0.583. The Labute approximate surface area is 130 Å². The number of aromatic nitrogens is 2. The first-order valence-electron chi connectivity index (χ1n) is 8.16. The zero-order valence-electron chi connectivity index (χ0n) is 12.8. The number of piperidine rings is 1.